The van der Waals surface area contributed by atoms with Crippen LogP contribution in [-0.4, -0.2) is 49.1 Å². The molecule has 0 radical (unpaired) electrons. The number of hydrogen-bond donors (Lipinski definition) is 2. The fraction of sp³-hybridized carbons (Fsp3) is 0.250. The minimum atomic E-state index is -0.496. The van der Waals surface area contributed by atoms with Crippen LogP contribution in [0.4, 0.5) is 10.5 Å². The van der Waals surface area contributed by atoms with Gasteiger partial charge in [0, 0.05) is 47.9 Å². The number of nitrogens with zero attached hydrogens (tertiary/aromatic N) is 2. The molecule has 0 atom stereocenters. The molecule has 1 aromatic heterocycles. The largest absolute Gasteiger partial charge is 0.449 e. The summed E-state index contributed by atoms with van der Waals surface area (Å²) >= 11 is 8.22. The fourth-order valence-corrected chi connectivity index (χ4v) is 6.77. The standard InChI is InChI=1S/C32H30ClN3O4S/c33-29-17-23(36-12-14-39-15-13-36)16-22(30(29)41-31-21(19-37)6-5-11-34-31)18-35-32(38)40-20-28-26-9-3-1-7-24(26)25-8-2-4-10-27(25)28/h1-11,16-17,28,37H,12-15,18-20H2,(H,35,38). The number of halogens is 1. The number of rotatable bonds is 8. The van der Waals surface area contributed by atoms with Crippen LogP contribution in [0.5, 0.6) is 0 Å². The highest BCUT2D eigenvalue weighted by molar-refractivity contribution is 7.99. The number of nitrogens with one attached hydrogen (secondary N) is 1. The zero-order valence-corrected chi connectivity index (χ0v) is 24.0. The normalized spacial score (nSPS) is 14.4. The van der Waals surface area contributed by atoms with E-state index in [0.717, 1.165) is 29.2 Å². The number of carbonyl (C=O) groups excluding carboxylic acids is 1. The molecular weight excluding hydrogens is 558 g/mol. The first-order valence-electron chi connectivity index (χ1n) is 13.6. The monoisotopic (exact) mass is 587 g/mol. The number of pyridine rings is 1. The number of carbonyl (C=O) groups is 1. The molecule has 1 aliphatic carbocycles. The predicted molar refractivity (Wildman–Crippen MR) is 161 cm³/mol. The second-order valence-corrected chi connectivity index (χ2v) is 11.3. The molecule has 1 amide bonds. The molecule has 0 bridgehead atoms. The Bertz CT molecular complexity index is 1510. The van der Waals surface area contributed by atoms with Crippen molar-refractivity contribution in [1.82, 2.24) is 10.3 Å². The summed E-state index contributed by atoms with van der Waals surface area (Å²) in [6.07, 6.45) is 1.19. The Morgan fingerprint density at radius 2 is 1.73 bits per heavy atom. The van der Waals surface area contributed by atoms with Crippen molar-refractivity contribution in [3.8, 4) is 11.1 Å². The van der Waals surface area contributed by atoms with Crippen molar-refractivity contribution in [1.29, 1.82) is 0 Å². The number of fused-ring (bicyclic) bond motifs is 3. The number of aliphatic hydroxyl groups is 1. The van der Waals surface area contributed by atoms with Crippen LogP contribution >= 0.6 is 23.4 Å². The van der Waals surface area contributed by atoms with Crippen LogP contribution in [-0.2, 0) is 22.6 Å². The fourth-order valence-electron chi connectivity index (χ4n) is 5.43. The average molecular weight is 588 g/mol. The molecule has 2 heterocycles. The molecule has 4 aromatic rings. The van der Waals surface area contributed by atoms with E-state index in [0.29, 0.717) is 28.8 Å². The molecule has 3 aromatic carbocycles. The van der Waals surface area contributed by atoms with Crippen molar-refractivity contribution in [3.05, 3.63) is 106 Å². The molecule has 41 heavy (non-hydrogen) atoms. The Labute approximate surface area is 248 Å². The van der Waals surface area contributed by atoms with Gasteiger partial charge in [-0.05, 0) is 46.0 Å². The maximum atomic E-state index is 13.0. The smallest absolute Gasteiger partial charge is 0.407 e. The van der Waals surface area contributed by atoms with E-state index in [1.807, 2.05) is 42.5 Å². The van der Waals surface area contributed by atoms with Crippen LogP contribution in [0.25, 0.3) is 11.1 Å². The van der Waals surface area contributed by atoms with Crippen LogP contribution in [0.15, 0.2) is 88.9 Å². The summed E-state index contributed by atoms with van der Waals surface area (Å²) in [5.74, 6) is -0.0144. The Kier molecular flexibility index (Phi) is 8.43. The van der Waals surface area contributed by atoms with Gasteiger partial charge in [0.15, 0.2) is 0 Å². The summed E-state index contributed by atoms with van der Waals surface area (Å²) in [7, 11) is 0. The van der Waals surface area contributed by atoms with E-state index in [1.54, 1.807) is 12.3 Å². The minimum Gasteiger partial charge on any atom is -0.449 e. The SMILES string of the molecule is O=C(NCc1cc(N2CCOCC2)cc(Cl)c1Sc1ncccc1CO)OCC1c2ccccc2-c2ccccc21. The average Bonchev–Trinajstić information content (AvgIpc) is 3.34. The highest BCUT2D eigenvalue weighted by Crippen LogP contribution is 2.44. The zero-order valence-electron chi connectivity index (χ0n) is 22.4. The summed E-state index contributed by atoms with van der Waals surface area (Å²) in [5, 5.41) is 14.0. The van der Waals surface area contributed by atoms with Gasteiger partial charge in [-0.1, -0.05) is 78.0 Å². The lowest BCUT2D eigenvalue weighted by Gasteiger charge is -2.30. The van der Waals surface area contributed by atoms with E-state index in [9.17, 15) is 9.90 Å². The second kappa shape index (κ2) is 12.5. The number of aromatic nitrogens is 1. The van der Waals surface area contributed by atoms with Crippen LogP contribution < -0.4 is 10.2 Å². The molecule has 9 heteroatoms. The van der Waals surface area contributed by atoms with E-state index >= 15 is 0 Å². The molecule has 7 nitrogen and oxygen atoms in total. The van der Waals surface area contributed by atoms with Gasteiger partial charge in [-0.3, -0.25) is 0 Å². The quantitative estimate of drug-likeness (QED) is 0.252. The molecule has 0 spiro atoms. The first-order chi connectivity index (χ1) is 20.1. The van der Waals surface area contributed by atoms with Crippen molar-refractivity contribution < 1.29 is 19.4 Å². The summed E-state index contributed by atoms with van der Waals surface area (Å²) in [6, 6.07) is 24.1. The molecule has 1 fully saturated rings. The molecule has 2 aliphatic rings. The van der Waals surface area contributed by atoms with Crippen molar-refractivity contribution in [2.75, 3.05) is 37.8 Å². The number of morpholine rings is 1. The first kappa shape index (κ1) is 27.6. The highest BCUT2D eigenvalue weighted by atomic mass is 35.5. The van der Waals surface area contributed by atoms with E-state index in [4.69, 9.17) is 21.1 Å². The number of benzene rings is 3. The van der Waals surface area contributed by atoms with Crippen LogP contribution in [0.1, 0.15) is 28.2 Å². The van der Waals surface area contributed by atoms with E-state index in [1.165, 1.54) is 34.0 Å². The summed E-state index contributed by atoms with van der Waals surface area (Å²) in [6.45, 7) is 3.15. The van der Waals surface area contributed by atoms with Gasteiger partial charge in [0.25, 0.3) is 0 Å². The molecule has 0 saturated carbocycles. The lowest BCUT2D eigenvalue weighted by molar-refractivity contribution is 0.122. The molecule has 0 unspecified atom stereocenters. The van der Waals surface area contributed by atoms with Crippen molar-refractivity contribution in [3.63, 3.8) is 0 Å². The van der Waals surface area contributed by atoms with Gasteiger partial charge >= 0.3 is 6.09 Å². The Balaban J connectivity index is 1.20. The van der Waals surface area contributed by atoms with Crippen LogP contribution in [0.2, 0.25) is 5.02 Å². The number of aliphatic hydroxyl groups excluding tert-OH is 1. The maximum Gasteiger partial charge on any atom is 0.407 e. The van der Waals surface area contributed by atoms with E-state index in [-0.39, 0.29) is 25.7 Å². The summed E-state index contributed by atoms with van der Waals surface area (Å²) in [5.41, 5.74) is 7.22. The van der Waals surface area contributed by atoms with Gasteiger partial charge in [-0.2, -0.15) is 0 Å². The van der Waals surface area contributed by atoms with Crippen LogP contribution in [0.3, 0.4) is 0 Å². The molecule has 210 valence electrons. The molecular formula is C32H30ClN3O4S. The van der Waals surface area contributed by atoms with Gasteiger partial charge in [0.2, 0.25) is 0 Å². The van der Waals surface area contributed by atoms with Crippen molar-refractivity contribution in [2.24, 2.45) is 0 Å². The lowest BCUT2D eigenvalue weighted by atomic mass is 9.98. The van der Waals surface area contributed by atoms with E-state index in [2.05, 4.69) is 39.5 Å². The van der Waals surface area contributed by atoms with Crippen LogP contribution in [0, 0.1) is 0 Å². The van der Waals surface area contributed by atoms with Gasteiger partial charge in [0.05, 0.1) is 24.8 Å². The van der Waals surface area contributed by atoms with Gasteiger partial charge in [0.1, 0.15) is 11.6 Å². The topological polar surface area (TPSA) is 83.9 Å². The Morgan fingerprint density at radius 1 is 1.02 bits per heavy atom. The molecule has 1 saturated heterocycles. The second-order valence-electron chi connectivity index (χ2n) is 9.92. The number of amides is 1. The zero-order chi connectivity index (χ0) is 28.2. The van der Waals surface area contributed by atoms with Crippen molar-refractivity contribution in [2.45, 2.75) is 29.0 Å². The number of hydrogen-bond acceptors (Lipinski definition) is 7. The van der Waals surface area contributed by atoms with Gasteiger partial charge < -0.3 is 24.8 Å². The van der Waals surface area contributed by atoms with Crippen molar-refractivity contribution >= 4 is 35.1 Å². The first-order valence-corrected chi connectivity index (χ1v) is 14.8. The van der Waals surface area contributed by atoms with Gasteiger partial charge in [-0.15, -0.1) is 0 Å². The number of anilines is 1. The summed E-state index contributed by atoms with van der Waals surface area (Å²) in [4.78, 5) is 20.4. The van der Waals surface area contributed by atoms with Gasteiger partial charge in [-0.25, -0.2) is 9.78 Å². The summed E-state index contributed by atoms with van der Waals surface area (Å²) < 4.78 is 11.3. The molecule has 6 rings (SSSR count). The number of alkyl carbamates (subject to hydrolysis) is 1. The predicted octanol–water partition coefficient (Wildman–Crippen LogP) is 6.25. The minimum absolute atomic E-state index is 0.0144. The third-order valence-corrected chi connectivity index (χ3v) is 9.12. The maximum absolute atomic E-state index is 13.0. The molecule has 2 N–H and O–H groups in total. The Hall–Kier alpha value is -3.56. The van der Waals surface area contributed by atoms with E-state index < -0.39 is 6.09 Å². The molecule has 1 aliphatic heterocycles. The highest BCUT2D eigenvalue weighted by Gasteiger charge is 2.29. The Morgan fingerprint density at radius 3 is 2.44 bits per heavy atom. The number of ether oxygens (including phenoxy) is 2. The lowest BCUT2D eigenvalue weighted by Crippen LogP contribution is -2.36. The third kappa shape index (κ3) is 5.92. The third-order valence-electron chi connectivity index (χ3n) is 7.47.